The zero-order valence-corrected chi connectivity index (χ0v) is 13.9. The lowest BCUT2D eigenvalue weighted by molar-refractivity contribution is -0.125. The van der Waals surface area contributed by atoms with Crippen molar-refractivity contribution < 1.29 is 19.1 Å². The van der Waals surface area contributed by atoms with Gasteiger partial charge in [0.15, 0.2) is 5.78 Å². The zero-order valence-electron chi connectivity index (χ0n) is 13.9. The maximum absolute atomic E-state index is 13.1. The second kappa shape index (κ2) is 5.25. The summed E-state index contributed by atoms with van der Waals surface area (Å²) in [6.45, 7) is 0. The van der Waals surface area contributed by atoms with Gasteiger partial charge in [-0.25, -0.2) is 0 Å². The molecule has 1 aliphatic heterocycles. The Bertz CT molecular complexity index is 864. The number of ketones is 1. The number of ether oxygens (including phenoxy) is 1. The van der Waals surface area contributed by atoms with Gasteiger partial charge in [0.25, 0.3) is 0 Å². The van der Waals surface area contributed by atoms with Gasteiger partial charge in [0, 0.05) is 18.3 Å². The number of carbonyl (C=O) groups excluding carboxylic acids is 1. The van der Waals surface area contributed by atoms with E-state index in [0.29, 0.717) is 23.3 Å². The molecule has 2 heterocycles. The molecule has 4 heteroatoms. The molecule has 4 nitrogen and oxygen atoms in total. The summed E-state index contributed by atoms with van der Waals surface area (Å²) in [7, 11) is 0. The third-order valence-corrected chi connectivity index (χ3v) is 6.08. The Morgan fingerprint density at radius 3 is 2.84 bits per heavy atom. The highest BCUT2D eigenvalue weighted by molar-refractivity contribution is 6.06. The summed E-state index contributed by atoms with van der Waals surface area (Å²) in [4.78, 5) is 13.1. The standard InChI is InChI=1S/C21H20O4/c22-16-12-14(17-9-5-11-24-17)15-7-3-4-10-21(15)19(16)20(23)13-6-1-2-8-18(13)25-21/h1-2,5-6,8-9,11,14-15,23H,3-4,7,10,12H2/t14-,15+,21-/m0/s1. The third-order valence-electron chi connectivity index (χ3n) is 6.08. The minimum Gasteiger partial charge on any atom is -0.507 e. The van der Waals surface area contributed by atoms with Gasteiger partial charge in [-0.05, 0) is 43.5 Å². The summed E-state index contributed by atoms with van der Waals surface area (Å²) in [6, 6.07) is 11.3. The fourth-order valence-corrected chi connectivity index (χ4v) is 5.08. The summed E-state index contributed by atoms with van der Waals surface area (Å²) >= 11 is 0. The van der Waals surface area contributed by atoms with E-state index in [9.17, 15) is 9.90 Å². The lowest BCUT2D eigenvalue weighted by atomic mass is 9.58. The van der Waals surface area contributed by atoms with Crippen molar-refractivity contribution in [3.63, 3.8) is 0 Å². The minimum atomic E-state index is -0.733. The van der Waals surface area contributed by atoms with Crippen LogP contribution in [0.3, 0.4) is 0 Å². The van der Waals surface area contributed by atoms with Crippen molar-refractivity contribution in [2.75, 3.05) is 0 Å². The molecule has 0 saturated heterocycles. The number of fused-ring (bicyclic) bond motifs is 1. The Balaban J connectivity index is 1.71. The van der Waals surface area contributed by atoms with Gasteiger partial charge in [-0.3, -0.25) is 4.79 Å². The van der Waals surface area contributed by atoms with E-state index in [0.717, 1.165) is 31.4 Å². The first kappa shape index (κ1) is 14.8. The molecule has 1 N–H and O–H groups in total. The molecule has 1 aromatic heterocycles. The number of carbonyl (C=O) groups is 1. The number of hydrogen-bond acceptors (Lipinski definition) is 4. The fourth-order valence-electron chi connectivity index (χ4n) is 5.08. The highest BCUT2D eigenvalue weighted by atomic mass is 16.5. The second-order valence-corrected chi connectivity index (χ2v) is 7.31. The number of aliphatic hydroxyl groups excluding tert-OH is 1. The maximum Gasteiger partial charge on any atom is 0.167 e. The minimum absolute atomic E-state index is 0.00427. The van der Waals surface area contributed by atoms with Crippen LogP contribution < -0.4 is 4.74 Å². The fraction of sp³-hybridized carbons (Fsp3) is 0.381. The Morgan fingerprint density at radius 1 is 1.12 bits per heavy atom. The van der Waals surface area contributed by atoms with E-state index >= 15 is 0 Å². The normalized spacial score (nSPS) is 31.0. The molecule has 2 saturated carbocycles. The number of para-hydroxylation sites is 1. The molecule has 1 aromatic carbocycles. The highest BCUT2D eigenvalue weighted by Crippen LogP contribution is 2.57. The Hall–Kier alpha value is -2.49. The van der Waals surface area contributed by atoms with Gasteiger partial charge in [-0.2, -0.15) is 0 Å². The molecule has 0 unspecified atom stereocenters. The first-order chi connectivity index (χ1) is 12.2. The van der Waals surface area contributed by atoms with Gasteiger partial charge < -0.3 is 14.3 Å². The lowest BCUT2D eigenvalue weighted by Crippen LogP contribution is -2.56. The van der Waals surface area contributed by atoms with E-state index in [1.54, 1.807) is 6.26 Å². The van der Waals surface area contributed by atoms with Gasteiger partial charge in [-0.15, -0.1) is 0 Å². The molecule has 0 amide bonds. The predicted molar refractivity (Wildman–Crippen MR) is 92.4 cm³/mol. The maximum atomic E-state index is 13.1. The molecule has 128 valence electrons. The molecular weight excluding hydrogens is 316 g/mol. The van der Waals surface area contributed by atoms with Gasteiger partial charge >= 0.3 is 0 Å². The molecule has 3 aliphatic rings. The SMILES string of the molecule is O=C1C[C@H](c2ccco2)[C@H]2CCCC[C@]23Oc2ccccc2C(O)=C13. The summed E-state index contributed by atoms with van der Waals surface area (Å²) in [5, 5.41) is 10.9. The van der Waals surface area contributed by atoms with Crippen LogP contribution in [0.2, 0.25) is 0 Å². The van der Waals surface area contributed by atoms with E-state index in [1.165, 1.54) is 0 Å². The first-order valence-electron chi connectivity index (χ1n) is 8.99. The number of aliphatic hydroxyl groups is 1. The van der Waals surface area contributed by atoms with Crippen molar-refractivity contribution in [2.24, 2.45) is 5.92 Å². The van der Waals surface area contributed by atoms with E-state index in [2.05, 4.69) is 0 Å². The first-order valence-corrected chi connectivity index (χ1v) is 8.99. The van der Waals surface area contributed by atoms with Crippen molar-refractivity contribution in [3.8, 4) is 5.75 Å². The van der Waals surface area contributed by atoms with Crippen LogP contribution in [0.25, 0.3) is 5.76 Å². The monoisotopic (exact) mass is 336 g/mol. The van der Waals surface area contributed by atoms with E-state index in [-0.39, 0.29) is 23.4 Å². The third kappa shape index (κ3) is 1.97. The number of benzene rings is 1. The second-order valence-electron chi connectivity index (χ2n) is 7.31. The average Bonchev–Trinajstić information content (AvgIpc) is 3.15. The topological polar surface area (TPSA) is 59.7 Å². The molecular formula is C21H20O4. The van der Waals surface area contributed by atoms with Crippen LogP contribution >= 0.6 is 0 Å². The van der Waals surface area contributed by atoms with Gasteiger partial charge in [0.05, 0.1) is 17.4 Å². The molecule has 2 fully saturated rings. The van der Waals surface area contributed by atoms with Gasteiger partial charge in [-0.1, -0.05) is 18.6 Å². The summed E-state index contributed by atoms with van der Waals surface area (Å²) < 4.78 is 12.2. The Morgan fingerprint density at radius 2 is 2.00 bits per heavy atom. The van der Waals surface area contributed by atoms with Crippen LogP contribution in [0.5, 0.6) is 5.75 Å². The zero-order chi connectivity index (χ0) is 17.0. The van der Waals surface area contributed by atoms with Crippen LogP contribution in [-0.4, -0.2) is 16.5 Å². The average molecular weight is 336 g/mol. The molecule has 0 radical (unpaired) electrons. The molecule has 3 atom stereocenters. The number of rotatable bonds is 1. The number of hydrogen-bond donors (Lipinski definition) is 1. The van der Waals surface area contributed by atoms with Gasteiger partial charge in [0.1, 0.15) is 22.9 Å². The summed E-state index contributed by atoms with van der Waals surface area (Å²) in [6.07, 6.45) is 5.86. The van der Waals surface area contributed by atoms with Crippen molar-refractivity contribution in [3.05, 3.63) is 59.6 Å². The molecule has 5 rings (SSSR count). The van der Waals surface area contributed by atoms with Crippen LogP contribution in [0, 0.1) is 5.92 Å². The lowest BCUT2D eigenvalue weighted by Gasteiger charge is -2.52. The smallest absolute Gasteiger partial charge is 0.167 e. The Kier molecular flexibility index (Phi) is 3.11. The van der Waals surface area contributed by atoms with Crippen LogP contribution in [0.1, 0.15) is 49.3 Å². The molecule has 25 heavy (non-hydrogen) atoms. The molecule has 1 spiro atoms. The van der Waals surface area contributed by atoms with Crippen LogP contribution in [0.15, 0.2) is 52.7 Å². The van der Waals surface area contributed by atoms with Crippen molar-refractivity contribution in [1.29, 1.82) is 0 Å². The van der Waals surface area contributed by atoms with Crippen LogP contribution in [-0.2, 0) is 4.79 Å². The van der Waals surface area contributed by atoms with Gasteiger partial charge in [0.2, 0.25) is 0 Å². The summed E-state index contributed by atoms with van der Waals surface area (Å²) in [5.74, 6) is 1.74. The van der Waals surface area contributed by atoms with Crippen molar-refractivity contribution >= 4 is 11.5 Å². The molecule has 2 aliphatic carbocycles. The van der Waals surface area contributed by atoms with E-state index < -0.39 is 5.60 Å². The van der Waals surface area contributed by atoms with Crippen molar-refractivity contribution in [1.82, 2.24) is 0 Å². The highest BCUT2D eigenvalue weighted by Gasteiger charge is 2.58. The number of furan rings is 1. The predicted octanol–water partition coefficient (Wildman–Crippen LogP) is 4.63. The van der Waals surface area contributed by atoms with Crippen LogP contribution in [0.4, 0.5) is 0 Å². The van der Waals surface area contributed by atoms with E-state index in [4.69, 9.17) is 9.15 Å². The van der Waals surface area contributed by atoms with Crippen molar-refractivity contribution in [2.45, 2.75) is 43.6 Å². The quantitative estimate of drug-likeness (QED) is 0.825. The number of Topliss-reactive ketones (excluding diaryl/α,β-unsaturated/α-hetero) is 1. The Labute approximate surface area is 146 Å². The van der Waals surface area contributed by atoms with E-state index in [1.807, 2.05) is 36.4 Å². The largest absolute Gasteiger partial charge is 0.507 e. The molecule has 0 bridgehead atoms. The summed E-state index contributed by atoms with van der Waals surface area (Å²) in [5.41, 5.74) is 0.375. The molecule has 2 aromatic rings.